The van der Waals surface area contributed by atoms with Crippen molar-refractivity contribution < 1.29 is 58.3 Å². The van der Waals surface area contributed by atoms with Crippen molar-refractivity contribution in [2.24, 2.45) is 0 Å². The van der Waals surface area contributed by atoms with Crippen molar-refractivity contribution in [3.63, 3.8) is 0 Å². The van der Waals surface area contributed by atoms with Gasteiger partial charge in [0.25, 0.3) is 0 Å². The maximum atomic E-state index is 7.23. The molecule has 9 heteroatoms. The largest absolute Gasteiger partial charge is 0.412 e. The summed E-state index contributed by atoms with van der Waals surface area (Å²) < 4.78 is 0. The normalized spacial score (nSPS) is 4.00. The molecule has 62 valence electrons. The van der Waals surface area contributed by atoms with Crippen molar-refractivity contribution in [2.75, 3.05) is 0 Å². The van der Waals surface area contributed by atoms with E-state index in [9.17, 15) is 0 Å². The van der Waals surface area contributed by atoms with E-state index < -0.39 is 8.60 Å². The number of hydrogen-bond acceptors (Lipinski definition) is 3. The van der Waals surface area contributed by atoms with Crippen LogP contribution < -0.4 is 0 Å². The molecule has 7 nitrogen and oxygen atoms in total. The van der Waals surface area contributed by atoms with Gasteiger partial charge in [-0.15, -0.1) is 0 Å². The quantitative estimate of drug-likeness (QED) is 0.266. The van der Waals surface area contributed by atoms with Crippen LogP contribution in [0.15, 0.2) is 0 Å². The van der Waals surface area contributed by atoms with Gasteiger partial charge in [-0.3, -0.25) is 0 Å². The van der Waals surface area contributed by atoms with Gasteiger partial charge in [0.15, 0.2) is 0 Å². The summed E-state index contributed by atoms with van der Waals surface area (Å²) in [6.45, 7) is 0. The monoisotopic (exact) mass is 202 g/mol. The van der Waals surface area contributed by atoms with Gasteiger partial charge in [-0.1, -0.05) is 0 Å². The fourth-order valence-corrected chi connectivity index (χ4v) is 0. The van der Waals surface area contributed by atoms with Crippen molar-refractivity contribution in [3.05, 3.63) is 0 Å². The molecule has 0 aliphatic rings. The zero-order valence-corrected chi connectivity index (χ0v) is 6.74. The molecule has 0 aromatic carbocycles. The van der Waals surface area contributed by atoms with Crippen LogP contribution in [0.5, 0.6) is 0 Å². The smallest absolute Gasteiger partial charge is 0.324 e. The van der Waals surface area contributed by atoms with E-state index in [-0.39, 0.29) is 43.6 Å². The van der Waals surface area contributed by atoms with Gasteiger partial charge in [-0.2, -0.15) is 0 Å². The van der Waals surface area contributed by atoms with Crippen LogP contribution in [0.2, 0.25) is 0 Å². The first-order valence-corrected chi connectivity index (χ1v) is 1.80. The molecule has 0 heterocycles. The second kappa shape index (κ2) is 36.7. The predicted molar refractivity (Wildman–Crippen MR) is 28.0 cm³/mol. The molecular formula is H11O7PTi. The molecule has 0 amide bonds. The van der Waals surface area contributed by atoms with E-state index in [0.29, 0.717) is 0 Å². The molecule has 9 heavy (non-hydrogen) atoms. The first-order valence-electron chi connectivity index (χ1n) is 0.600. The van der Waals surface area contributed by atoms with Crippen LogP contribution in [-0.2, 0) is 21.7 Å². The summed E-state index contributed by atoms with van der Waals surface area (Å²) in [5, 5.41) is 0. The van der Waals surface area contributed by atoms with Crippen LogP contribution in [0.25, 0.3) is 0 Å². The minimum absolute atomic E-state index is 0. The van der Waals surface area contributed by atoms with E-state index >= 15 is 0 Å². The molecule has 0 aromatic rings. The Kier molecular flexibility index (Phi) is 212. The predicted octanol–water partition coefficient (Wildman–Crippen LogP) is -4.11. The van der Waals surface area contributed by atoms with Crippen LogP contribution in [0.1, 0.15) is 0 Å². The van der Waals surface area contributed by atoms with Crippen LogP contribution >= 0.6 is 8.60 Å². The van der Waals surface area contributed by atoms with Crippen molar-refractivity contribution >= 4 is 8.60 Å². The second-order valence-corrected chi connectivity index (χ2v) is 0.805. The molecule has 0 fully saturated rings. The summed E-state index contributed by atoms with van der Waals surface area (Å²) in [4.78, 5) is 21.7. The molecule has 0 saturated carbocycles. The Bertz CT molecular complexity index is 13.6. The maximum Gasteiger partial charge on any atom is 0.324 e. The van der Waals surface area contributed by atoms with E-state index in [1.807, 2.05) is 0 Å². The summed E-state index contributed by atoms with van der Waals surface area (Å²) in [6.07, 6.45) is 0. The first-order chi connectivity index (χ1) is 1.73. The zero-order chi connectivity index (χ0) is 3.58. The van der Waals surface area contributed by atoms with Gasteiger partial charge in [-0.25, -0.2) is 0 Å². The average Bonchev–Trinajstić information content (AvgIpc) is 0.811. The van der Waals surface area contributed by atoms with Gasteiger partial charge in [0, 0.05) is 21.7 Å². The van der Waals surface area contributed by atoms with Crippen LogP contribution in [0.3, 0.4) is 0 Å². The molecule has 0 aliphatic heterocycles. The molecule has 11 N–H and O–H groups in total. The molecule has 0 spiro atoms. The summed E-state index contributed by atoms with van der Waals surface area (Å²) in [5.41, 5.74) is 0. The Morgan fingerprint density at radius 1 is 0.667 bits per heavy atom. The summed E-state index contributed by atoms with van der Waals surface area (Å²) in [6, 6.07) is 0. The third-order valence-electron chi connectivity index (χ3n) is 0. The summed E-state index contributed by atoms with van der Waals surface area (Å²) >= 11 is 0. The van der Waals surface area contributed by atoms with E-state index in [0.717, 1.165) is 0 Å². The molecule has 0 aromatic heterocycles. The van der Waals surface area contributed by atoms with Crippen molar-refractivity contribution in [3.8, 4) is 0 Å². The first kappa shape index (κ1) is 51.9. The maximum absolute atomic E-state index is 7.23. The third-order valence-corrected chi connectivity index (χ3v) is 0. The van der Waals surface area contributed by atoms with Gasteiger partial charge in [0.1, 0.15) is 0 Å². The fourth-order valence-electron chi connectivity index (χ4n) is 0. The Hall–Kier alpha value is 0.864. The van der Waals surface area contributed by atoms with Crippen molar-refractivity contribution in [1.82, 2.24) is 0 Å². The molecule has 0 saturated heterocycles. The summed E-state index contributed by atoms with van der Waals surface area (Å²) in [7, 11) is -2.62. The Balaban J connectivity index is -0.00000000450. The van der Waals surface area contributed by atoms with E-state index in [1.165, 1.54) is 0 Å². The van der Waals surface area contributed by atoms with Crippen LogP contribution in [0, 0.1) is 0 Å². The van der Waals surface area contributed by atoms with E-state index in [4.69, 9.17) is 14.7 Å². The van der Waals surface area contributed by atoms with E-state index in [1.54, 1.807) is 0 Å². The minimum atomic E-state index is -2.62. The Labute approximate surface area is 67.4 Å². The van der Waals surface area contributed by atoms with Gasteiger partial charge in [0.05, 0.1) is 0 Å². The molecule has 0 aliphatic carbocycles. The van der Waals surface area contributed by atoms with Crippen molar-refractivity contribution in [2.45, 2.75) is 0 Å². The third kappa shape index (κ3) is 559. The molecule has 0 unspecified atom stereocenters. The standard InChI is InChI=1S/H3O3P.4H2O.Ti/c1-4(2)3;;;;;/h1-3H;4*1H2;. The Morgan fingerprint density at radius 3 is 0.667 bits per heavy atom. The molecule has 0 bridgehead atoms. The van der Waals surface area contributed by atoms with Crippen molar-refractivity contribution in [1.29, 1.82) is 0 Å². The topological polar surface area (TPSA) is 187 Å². The van der Waals surface area contributed by atoms with Gasteiger partial charge >= 0.3 is 8.60 Å². The van der Waals surface area contributed by atoms with Gasteiger partial charge in [0.2, 0.25) is 0 Å². The molecule has 0 radical (unpaired) electrons. The minimum Gasteiger partial charge on any atom is -0.412 e. The fraction of sp³-hybridized carbons (Fsp3) is 0. The van der Waals surface area contributed by atoms with Gasteiger partial charge in [-0.05, 0) is 0 Å². The van der Waals surface area contributed by atoms with Crippen LogP contribution in [0.4, 0.5) is 0 Å². The molecule has 0 rings (SSSR count). The summed E-state index contributed by atoms with van der Waals surface area (Å²) in [5.74, 6) is 0. The number of hydrogen-bond donors (Lipinski definition) is 3. The molecular weight excluding hydrogens is 191 g/mol. The second-order valence-electron chi connectivity index (χ2n) is 0.268. The Morgan fingerprint density at radius 2 is 0.667 bits per heavy atom. The van der Waals surface area contributed by atoms with E-state index in [2.05, 4.69) is 0 Å². The average molecular weight is 202 g/mol. The molecule has 0 atom stereocenters. The number of rotatable bonds is 0. The van der Waals surface area contributed by atoms with Gasteiger partial charge < -0.3 is 36.6 Å². The zero-order valence-electron chi connectivity index (χ0n) is 4.29. The SMILES string of the molecule is O.O.O.O.OP(O)O.[Ti]. The van der Waals surface area contributed by atoms with Crippen LogP contribution in [-0.4, -0.2) is 36.6 Å².